The molecular weight excluding hydrogens is 328 g/mol. The Labute approximate surface area is 146 Å². The van der Waals surface area contributed by atoms with E-state index in [1.807, 2.05) is 4.57 Å². The van der Waals surface area contributed by atoms with Gasteiger partial charge < -0.3 is 14.0 Å². The van der Waals surface area contributed by atoms with Crippen molar-refractivity contribution in [3.05, 3.63) is 36.2 Å². The number of aromatic nitrogens is 2. The van der Waals surface area contributed by atoms with E-state index in [9.17, 15) is 8.78 Å². The predicted octanol–water partition coefficient (Wildman–Crippen LogP) is 2.95. The zero-order chi connectivity index (χ0) is 17.8. The summed E-state index contributed by atoms with van der Waals surface area (Å²) in [7, 11) is 1.44. The maximum atomic E-state index is 14.4. The number of methoxy groups -OCH3 is 1. The Morgan fingerprint density at radius 2 is 2.04 bits per heavy atom. The molecule has 1 unspecified atom stereocenters. The zero-order valence-corrected chi connectivity index (χ0v) is 14.5. The second-order valence-electron chi connectivity index (χ2n) is 6.05. The molecule has 1 aromatic heterocycles. The van der Waals surface area contributed by atoms with Crippen LogP contribution in [-0.4, -0.2) is 53.9 Å². The van der Waals surface area contributed by atoms with Crippen LogP contribution >= 0.6 is 0 Å². The van der Waals surface area contributed by atoms with Crippen LogP contribution in [0.1, 0.15) is 13.3 Å². The fourth-order valence-corrected chi connectivity index (χ4v) is 3.27. The van der Waals surface area contributed by atoms with E-state index >= 15 is 0 Å². The van der Waals surface area contributed by atoms with Crippen LogP contribution in [-0.2, 0) is 11.3 Å². The van der Waals surface area contributed by atoms with E-state index in [0.29, 0.717) is 12.4 Å². The van der Waals surface area contributed by atoms with E-state index in [1.54, 1.807) is 12.4 Å². The van der Waals surface area contributed by atoms with Crippen LogP contribution < -0.4 is 4.74 Å². The molecule has 1 aliphatic rings. The first-order chi connectivity index (χ1) is 12.2. The molecule has 0 aliphatic carbocycles. The van der Waals surface area contributed by atoms with Gasteiger partial charge in [-0.3, -0.25) is 4.90 Å². The highest BCUT2D eigenvalue weighted by molar-refractivity contribution is 5.65. The molecule has 2 aromatic rings. The minimum atomic E-state index is -0.939. The highest BCUT2D eigenvalue weighted by Gasteiger charge is 2.24. The first-order valence-corrected chi connectivity index (χ1v) is 8.51. The molecule has 1 fully saturated rings. The number of nitrogens with zero attached hydrogens (tertiary/aromatic N) is 3. The lowest BCUT2D eigenvalue weighted by Gasteiger charge is -2.34. The molecule has 1 atom stereocenters. The van der Waals surface area contributed by atoms with Crippen molar-refractivity contribution in [2.75, 3.05) is 33.4 Å². The van der Waals surface area contributed by atoms with Gasteiger partial charge in [-0.15, -0.1) is 0 Å². The van der Waals surface area contributed by atoms with E-state index in [-0.39, 0.29) is 17.4 Å². The smallest absolute Gasteiger partial charge is 0.173 e. The summed E-state index contributed by atoms with van der Waals surface area (Å²) in [4.78, 5) is 6.63. The highest BCUT2D eigenvalue weighted by atomic mass is 19.2. The summed E-state index contributed by atoms with van der Waals surface area (Å²) in [6.45, 7) is 5.96. The van der Waals surface area contributed by atoms with Crippen LogP contribution in [0.3, 0.4) is 0 Å². The Balaban J connectivity index is 1.92. The van der Waals surface area contributed by atoms with E-state index < -0.39 is 11.6 Å². The maximum absolute atomic E-state index is 14.4. The van der Waals surface area contributed by atoms with Crippen LogP contribution in [0.5, 0.6) is 5.75 Å². The molecule has 3 rings (SSSR count). The van der Waals surface area contributed by atoms with Crippen LogP contribution in [0.4, 0.5) is 8.78 Å². The first-order valence-electron chi connectivity index (χ1n) is 8.51. The second kappa shape index (κ2) is 7.93. The summed E-state index contributed by atoms with van der Waals surface area (Å²) in [6.07, 6.45) is 4.34. The summed E-state index contributed by atoms with van der Waals surface area (Å²) in [5.74, 6) is -1.21. The fraction of sp³-hybridized carbons (Fsp3) is 0.500. The minimum Gasteiger partial charge on any atom is -0.496 e. The normalized spacial score (nSPS) is 16.8. The van der Waals surface area contributed by atoms with Gasteiger partial charge in [0, 0.05) is 38.1 Å². The SMILES string of the molecule is CCC(Cn1ccnc1-c1c(OC)ccc(F)c1F)N1CCOCC1. The van der Waals surface area contributed by atoms with E-state index in [0.717, 1.165) is 38.8 Å². The van der Waals surface area contributed by atoms with Crippen LogP contribution in [0.15, 0.2) is 24.5 Å². The number of halogens is 2. The monoisotopic (exact) mass is 351 g/mol. The quantitative estimate of drug-likeness (QED) is 0.802. The van der Waals surface area contributed by atoms with Gasteiger partial charge in [-0.2, -0.15) is 0 Å². The molecule has 1 aliphatic heterocycles. The molecule has 0 amide bonds. The second-order valence-corrected chi connectivity index (χ2v) is 6.05. The van der Waals surface area contributed by atoms with Gasteiger partial charge in [0.1, 0.15) is 11.6 Å². The molecule has 25 heavy (non-hydrogen) atoms. The van der Waals surface area contributed by atoms with Crippen molar-refractivity contribution >= 4 is 0 Å². The van der Waals surface area contributed by atoms with Gasteiger partial charge >= 0.3 is 0 Å². The van der Waals surface area contributed by atoms with Crippen molar-refractivity contribution < 1.29 is 18.3 Å². The number of benzene rings is 1. The largest absolute Gasteiger partial charge is 0.496 e. The lowest BCUT2D eigenvalue weighted by Crippen LogP contribution is -2.45. The van der Waals surface area contributed by atoms with Crippen LogP contribution in [0.25, 0.3) is 11.4 Å². The van der Waals surface area contributed by atoms with E-state index in [4.69, 9.17) is 9.47 Å². The van der Waals surface area contributed by atoms with Crippen molar-refractivity contribution in [1.82, 2.24) is 14.5 Å². The fourth-order valence-electron chi connectivity index (χ4n) is 3.27. The lowest BCUT2D eigenvalue weighted by molar-refractivity contribution is 0.0121. The molecule has 1 aromatic carbocycles. The zero-order valence-electron chi connectivity index (χ0n) is 14.5. The molecule has 0 N–H and O–H groups in total. The van der Waals surface area contributed by atoms with Gasteiger partial charge in [0.25, 0.3) is 0 Å². The summed E-state index contributed by atoms with van der Waals surface area (Å²) in [5, 5.41) is 0. The van der Waals surface area contributed by atoms with Gasteiger partial charge in [-0.25, -0.2) is 13.8 Å². The van der Waals surface area contributed by atoms with Crippen LogP contribution in [0.2, 0.25) is 0 Å². The van der Waals surface area contributed by atoms with Gasteiger partial charge in [-0.1, -0.05) is 6.92 Å². The Kier molecular flexibility index (Phi) is 5.65. The van der Waals surface area contributed by atoms with Gasteiger partial charge in [0.05, 0.1) is 25.9 Å². The van der Waals surface area contributed by atoms with Crippen molar-refractivity contribution in [3.8, 4) is 17.1 Å². The highest BCUT2D eigenvalue weighted by Crippen LogP contribution is 2.33. The molecule has 0 spiro atoms. The number of hydrogen-bond acceptors (Lipinski definition) is 4. The molecular formula is C18H23F2N3O2. The predicted molar refractivity (Wildman–Crippen MR) is 90.6 cm³/mol. The molecule has 0 radical (unpaired) electrons. The van der Waals surface area contributed by atoms with Crippen molar-refractivity contribution in [3.63, 3.8) is 0 Å². The molecule has 5 nitrogen and oxygen atoms in total. The molecule has 136 valence electrons. The Morgan fingerprint density at radius 1 is 1.28 bits per heavy atom. The Bertz CT molecular complexity index is 714. The third-order valence-electron chi connectivity index (χ3n) is 4.66. The van der Waals surface area contributed by atoms with Crippen LogP contribution in [0, 0.1) is 11.6 Å². The minimum absolute atomic E-state index is 0.0596. The van der Waals surface area contributed by atoms with Crippen molar-refractivity contribution in [2.24, 2.45) is 0 Å². The standard InChI is InChI=1S/C18H23F2N3O2/c1-3-13(22-8-10-25-11-9-22)12-23-7-6-21-18(23)16-15(24-2)5-4-14(19)17(16)20/h4-7,13H,3,8-12H2,1-2H3. The summed E-state index contributed by atoms with van der Waals surface area (Å²) >= 11 is 0. The van der Waals surface area contributed by atoms with E-state index in [2.05, 4.69) is 16.8 Å². The number of hydrogen-bond donors (Lipinski definition) is 0. The number of morpholine rings is 1. The maximum Gasteiger partial charge on any atom is 0.173 e. The van der Waals surface area contributed by atoms with Gasteiger partial charge in [-0.05, 0) is 18.6 Å². The number of rotatable bonds is 6. The topological polar surface area (TPSA) is 39.5 Å². The Hall–Kier alpha value is -1.99. The lowest BCUT2D eigenvalue weighted by atomic mass is 10.1. The van der Waals surface area contributed by atoms with Crippen molar-refractivity contribution in [2.45, 2.75) is 25.9 Å². The number of ether oxygens (including phenoxy) is 2. The third-order valence-corrected chi connectivity index (χ3v) is 4.66. The van der Waals surface area contributed by atoms with Gasteiger partial charge in [0.15, 0.2) is 11.6 Å². The van der Waals surface area contributed by atoms with Crippen molar-refractivity contribution in [1.29, 1.82) is 0 Å². The molecule has 0 bridgehead atoms. The summed E-state index contributed by atoms with van der Waals surface area (Å²) in [5.41, 5.74) is 0.0596. The first kappa shape index (κ1) is 17.8. The average molecular weight is 351 g/mol. The Morgan fingerprint density at radius 3 is 2.72 bits per heavy atom. The molecule has 7 heteroatoms. The number of imidazole rings is 1. The average Bonchev–Trinajstić information content (AvgIpc) is 3.10. The summed E-state index contributed by atoms with van der Waals surface area (Å²) < 4.78 is 40.7. The molecule has 2 heterocycles. The summed E-state index contributed by atoms with van der Waals surface area (Å²) in [6, 6.07) is 2.76. The van der Waals surface area contributed by atoms with E-state index in [1.165, 1.54) is 13.2 Å². The molecule has 0 saturated carbocycles. The third kappa shape index (κ3) is 3.67. The molecule has 1 saturated heterocycles. The van der Waals surface area contributed by atoms with Gasteiger partial charge in [0.2, 0.25) is 0 Å².